The molecule has 1 rings (SSSR count). The molecular formula is C10H11ClF2N2O2. The molecule has 0 aromatic carbocycles. The van der Waals surface area contributed by atoms with Crippen LogP contribution in [0.5, 0.6) is 0 Å². The molecule has 0 aliphatic heterocycles. The number of hydrogen-bond donors (Lipinski definition) is 1. The number of halogens is 3. The summed E-state index contributed by atoms with van der Waals surface area (Å²) in [4.78, 5) is 14.9. The van der Waals surface area contributed by atoms with E-state index >= 15 is 0 Å². The van der Waals surface area contributed by atoms with Crippen LogP contribution in [0.4, 0.5) is 8.78 Å². The number of alkyl halides is 2. The second-order valence-corrected chi connectivity index (χ2v) is 3.62. The van der Waals surface area contributed by atoms with Gasteiger partial charge in [-0.15, -0.1) is 0 Å². The second kappa shape index (κ2) is 5.88. The lowest BCUT2D eigenvalue weighted by Gasteiger charge is -2.10. The number of carbonyl (C=O) groups is 1. The summed E-state index contributed by atoms with van der Waals surface area (Å²) >= 11 is 5.76. The quantitative estimate of drug-likeness (QED) is 0.843. The van der Waals surface area contributed by atoms with Crippen molar-refractivity contribution in [1.82, 2.24) is 4.98 Å². The SMILES string of the molecule is COC(=O)Cc1nc(CN)c(C(F)F)cc1Cl. The summed E-state index contributed by atoms with van der Waals surface area (Å²) in [5.74, 6) is -0.549. The van der Waals surface area contributed by atoms with E-state index in [1.54, 1.807) is 0 Å². The van der Waals surface area contributed by atoms with E-state index in [1.807, 2.05) is 0 Å². The number of esters is 1. The molecule has 0 aliphatic rings. The van der Waals surface area contributed by atoms with Crippen LogP contribution in [0.3, 0.4) is 0 Å². The Labute approximate surface area is 102 Å². The molecule has 94 valence electrons. The van der Waals surface area contributed by atoms with Gasteiger partial charge >= 0.3 is 5.97 Å². The van der Waals surface area contributed by atoms with Crippen molar-refractivity contribution in [1.29, 1.82) is 0 Å². The zero-order valence-corrected chi connectivity index (χ0v) is 9.80. The molecule has 0 bridgehead atoms. The summed E-state index contributed by atoms with van der Waals surface area (Å²) in [5.41, 5.74) is 5.22. The van der Waals surface area contributed by atoms with Gasteiger partial charge in [-0.1, -0.05) is 11.6 Å². The number of aromatic nitrogens is 1. The Hall–Kier alpha value is -1.27. The fourth-order valence-electron chi connectivity index (χ4n) is 1.27. The van der Waals surface area contributed by atoms with Gasteiger partial charge < -0.3 is 10.5 Å². The predicted octanol–water partition coefficient (Wildman–Crippen LogP) is 1.85. The van der Waals surface area contributed by atoms with Gasteiger partial charge in [0.1, 0.15) is 0 Å². The molecule has 1 aromatic rings. The van der Waals surface area contributed by atoms with Crippen molar-refractivity contribution in [2.75, 3.05) is 7.11 Å². The lowest BCUT2D eigenvalue weighted by atomic mass is 10.1. The fraction of sp³-hybridized carbons (Fsp3) is 0.400. The normalized spacial score (nSPS) is 10.7. The van der Waals surface area contributed by atoms with Crippen LogP contribution in [-0.2, 0) is 22.5 Å². The van der Waals surface area contributed by atoms with Crippen molar-refractivity contribution in [3.8, 4) is 0 Å². The highest BCUT2D eigenvalue weighted by Gasteiger charge is 2.18. The van der Waals surface area contributed by atoms with E-state index in [9.17, 15) is 13.6 Å². The Balaban J connectivity index is 3.13. The summed E-state index contributed by atoms with van der Waals surface area (Å²) in [6.45, 7) is -0.148. The van der Waals surface area contributed by atoms with Crippen molar-refractivity contribution in [2.24, 2.45) is 5.73 Å². The summed E-state index contributed by atoms with van der Waals surface area (Å²) < 4.78 is 29.7. The number of nitrogens with two attached hydrogens (primary N) is 1. The first-order valence-electron chi connectivity index (χ1n) is 4.72. The molecule has 0 spiro atoms. The second-order valence-electron chi connectivity index (χ2n) is 3.21. The van der Waals surface area contributed by atoms with E-state index in [4.69, 9.17) is 17.3 Å². The van der Waals surface area contributed by atoms with Crippen molar-refractivity contribution in [2.45, 2.75) is 19.4 Å². The molecular weight excluding hydrogens is 254 g/mol. The number of carbonyl (C=O) groups excluding carboxylic acids is 1. The van der Waals surface area contributed by atoms with Gasteiger partial charge in [0.25, 0.3) is 6.43 Å². The maximum Gasteiger partial charge on any atom is 0.311 e. The highest BCUT2D eigenvalue weighted by molar-refractivity contribution is 6.31. The summed E-state index contributed by atoms with van der Waals surface area (Å²) in [7, 11) is 1.22. The van der Waals surface area contributed by atoms with Crippen LogP contribution >= 0.6 is 11.6 Å². The molecule has 1 aromatic heterocycles. The molecule has 4 nitrogen and oxygen atoms in total. The van der Waals surface area contributed by atoms with Crippen molar-refractivity contribution in [3.63, 3.8) is 0 Å². The van der Waals surface area contributed by atoms with Crippen LogP contribution in [0.25, 0.3) is 0 Å². The molecule has 0 fully saturated rings. The first-order chi connectivity index (χ1) is 7.99. The van der Waals surface area contributed by atoms with Gasteiger partial charge in [-0.2, -0.15) is 0 Å². The van der Waals surface area contributed by atoms with Crippen LogP contribution in [-0.4, -0.2) is 18.1 Å². The highest BCUT2D eigenvalue weighted by Crippen LogP contribution is 2.27. The largest absolute Gasteiger partial charge is 0.469 e. The third kappa shape index (κ3) is 3.34. The smallest absolute Gasteiger partial charge is 0.311 e. The Morgan fingerprint density at radius 1 is 1.59 bits per heavy atom. The van der Waals surface area contributed by atoms with Crippen LogP contribution in [0, 0.1) is 0 Å². The standard InChI is InChI=1S/C10H11ClF2N2O2/c1-17-9(16)3-7-6(11)2-5(10(12)13)8(4-14)15-7/h2,10H,3-4,14H2,1H3. The molecule has 0 saturated carbocycles. The molecule has 0 radical (unpaired) electrons. The van der Waals surface area contributed by atoms with Gasteiger partial charge in [-0.25, -0.2) is 8.78 Å². The Bertz CT molecular complexity index is 427. The van der Waals surface area contributed by atoms with Crippen LogP contribution < -0.4 is 5.73 Å². The highest BCUT2D eigenvalue weighted by atomic mass is 35.5. The molecule has 2 N–H and O–H groups in total. The number of methoxy groups -OCH3 is 1. The minimum Gasteiger partial charge on any atom is -0.469 e. The Morgan fingerprint density at radius 3 is 2.71 bits per heavy atom. The fourth-order valence-corrected chi connectivity index (χ4v) is 1.50. The summed E-state index contributed by atoms with van der Waals surface area (Å²) in [6, 6.07) is 1.08. The molecule has 7 heteroatoms. The third-order valence-corrected chi connectivity index (χ3v) is 2.46. The number of hydrogen-bond acceptors (Lipinski definition) is 4. The first-order valence-corrected chi connectivity index (χ1v) is 5.10. The molecule has 1 heterocycles. The number of pyridine rings is 1. The maximum atomic E-state index is 12.6. The maximum absolute atomic E-state index is 12.6. The van der Waals surface area contributed by atoms with E-state index in [2.05, 4.69) is 9.72 Å². The van der Waals surface area contributed by atoms with Gasteiger partial charge in [0.15, 0.2) is 0 Å². The minimum atomic E-state index is -2.70. The molecule has 0 atom stereocenters. The Kier molecular flexibility index (Phi) is 4.77. The first kappa shape index (κ1) is 13.8. The van der Waals surface area contributed by atoms with E-state index in [-0.39, 0.29) is 34.9 Å². The molecule has 17 heavy (non-hydrogen) atoms. The molecule has 0 amide bonds. The number of rotatable bonds is 4. The van der Waals surface area contributed by atoms with Crippen molar-refractivity contribution >= 4 is 17.6 Å². The lowest BCUT2D eigenvalue weighted by molar-refractivity contribution is -0.139. The van der Waals surface area contributed by atoms with Crippen molar-refractivity contribution in [3.05, 3.63) is 28.0 Å². The minimum absolute atomic E-state index is 0.00269. The predicted molar refractivity (Wildman–Crippen MR) is 57.8 cm³/mol. The van der Waals surface area contributed by atoms with E-state index in [1.165, 1.54) is 7.11 Å². The monoisotopic (exact) mass is 264 g/mol. The van der Waals surface area contributed by atoms with Crippen LogP contribution in [0.2, 0.25) is 5.02 Å². The van der Waals surface area contributed by atoms with E-state index in [0.717, 1.165) is 6.07 Å². The van der Waals surface area contributed by atoms with Gasteiger partial charge in [0, 0.05) is 12.1 Å². The van der Waals surface area contributed by atoms with Gasteiger partial charge in [0.05, 0.1) is 29.9 Å². The van der Waals surface area contributed by atoms with Gasteiger partial charge in [-0.3, -0.25) is 9.78 Å². The third-order valence-electron chi connectivity index (χ3n) is 2.13. The van der Waals surface area contributed by atoms with Crippen LogP contribution in [0.15, 0.2) is 6.07 Å². The summed E-state index contributed by atoms with van der Waals surface area (Å²) in [6.07, 6.45) is -2.88. The zero-order valence-electron chi connectivity index (χ0n) is 9.04. The lowest BCUT2D eigenvalue weighted by Crippen LogP contribution is -2.12. The number of nitrogens with zero attached hydrogens (tertiary/aromatic N) is 1. The Morgan fingerprint density at radius 2 is 2.24 bits per heavy atom. The molecule has 0 saturated heterocycles. The molecule has 0 unspecified atom stereocenters. The van der Waals surface area contributed by atoms with E-state index < -0.39 is 12.4 Å². The zero-order chi connectivity index (χ0) is 13.0. The van der Waals surface area contributed by atoms with E-state index in [0.29, 0.717) is 0 Å². The van der Waals surface area contributed by atoms with Gasteiger partial charge in [-0.05, 0) is 6.07 Å². The number of ether oxygens (including phenoxy) is 1. The average Bonchev–Trinajstić information content (AvgIpc) is 2.30. The van der Waals surface area contributed by atoms with Crippen LogP contribution in [0.1, 0.15) is 23.4 Å². The molecule has 0 aliphatic carbocycles. The summed E-state index contributed by atoms with van der Waals surface area (Å²) in [5, 5.41) is 0.00269. The average molecular weight is 265 g/mol. The topological polar surface area (TPSA) is 65.2 Å². The van der Waals surface area contributed by atoms with Crippen molar-refractivity contribution < 1.29 is 18.3 Å². The van der Waals surface area contributed by atoms with Gasteiger partial charge in [0.2, 0.25) is 0 Å².